The molecule has 23 heavy (non-hydrogen) atoms. The molecule has 0 aliphatic rings. The molecule has 2 aromatic rings. The Labute approximate surface area is 145 Å². The number of nitrogens with zero attached hydrogens (tertiary/aromatic N) is 2. The Morgan fingerprint density at radius 2 is 1.96 bits per heavy atom. The van der Waals surface area contributed by atoms with Gasteiger partial charge >= 0.3 is 0 Å². The lowest BCUT2D eigenvalue weighted by Crippen LogP contribution is -2.35. The van der Waals surface area contributed by atoms with Gasteiger partial charge in [-0.1, -0.05) is 53.5 Å². The maximum atomic E-state index is 6.02. The second-order valence-corrected chi connectivity index (χ2v) is 5.68. The third-order valence-electron chi connectivity index (χ3n) is 3.06. The first-order chi connectivity index (χ1) is 11.1. The molecule has 0 atom stereocenters. The van der Waals surface area contributed by atoms with E-state index < -0.39 is 0 Å². The summed E-state index contributed by atoms with van der Waals surface area (Å²) in [6.07, 6.45) is 2.41. The molecule has 0 unspecified atom stereocenters. The molecule has 0 saturated heterocycles. The monoisotopic (exact) mass is 351 g/mol. The number of hydrogen-bond donors (Lipinski definition) is 3. The molecule has 4 N–H and O–H groups in total. The van der Waals surface area contributed by atoms with Crippen LogP contribution in [0.3, 0.4) is 0 Å². The largest absolute Gasteiger partial charge is 0.370 e. The molecule has 0 fully saturated rings. The average molecular weight is 352 g/mol. The van der Waals surface area contributed by atoms with E-state index in [0.29, 0.717) is 41.5 Å². The molecule has 0 aliphatic heterocycles. The van der Waals surface area contributed by atoms with Gasteiger partial charge in [-0.3, -0.25) is 4.99 Å². The maximum absolute atomic E-state index is 6.02. The number of aromatic nitrogens is 1. The minimum atomic E-state index is 0.429. The molecule has 0 radical (unpaired) electrons. The summed E-state index contributed by atoms with van der Waals surface area (Å²) in [6, 6.07) is 11.8. The van der Waals surface area contributed by atoms with E-state index >= 15 is 0 Å². The van der Waals surface area contributed by atoms with Crippen LogP contribution < -0.4 is 16.4 Å². The Kier molecular flexibility index (Phi) is 6.97. The molecule has 7 heteroatoms. The van der Waals surface area contributed by atoms with E-state index in [-0.39, 0.29) is 0 Å². The van der Waals surface area contributed by atoms with E-state index in [1.807, 2.05) is 18.2 Å². The second-order valence-electron chi connectivity index (χ2n) is 4.84. The van der Waals surface area contributed by atoms with Crippen molar-refractivity contribution in [2.45, 2.75) is 6.42 Å². The molecule has 1 aromatic heterocycles. The third-order valence-corrected chi connectivity index (χ3v) is 3.55. The fourth-order valence-electron chi connectivity index (χ4n) is 1.92. The summed E-state index contributed by atoms with van der Waals surface area (Å²) in [5.41, 5.74) is 7.06. The average Bonchev–Trinajstić information content (AvgIpc) is 2.54. The van der Waals surface area contributed by atoms with Gasteiger partial charge in [-0.25, -0.2) is 4.98 Å². The van der Waals surface area contributed by atoms with Crippen LogP contribution in [0.5, 0.6) is 0 Å². The minimum absolute atomic E-state index is 0.429. The SMILES string of the molecule is NC(=NCCc1ccccc1)NCCNc1ncc(Cl)cc1Cl. The molecule has 0 aliphatic carbocycles. The zero-order valence-electron chi connectivity index (χ0n) is 12.6. The number of rotatable bonds is 7. The highest BCUT2D eigenvalue weighted by molar-refractivity contribution is 6.35. The standard InChI is InChI=1S/C16H19Cl2N5/c17-13-10-14(18)15(23-11-13)20-8-9-22-16(19)21-7-6-12-4-2-1-3-5-12/h1-5,10-11H,6-9H2,(H,20,23)(H3,19,21,22). The lowest BCUT2D eigenvalue weighted by atomic mass is 10.2. The molecule has 0 spiro atoms. The van der Waals surface area contributed by atoms with Gasteiger partial charge in [0.15, 0.2) is 5.96 Å². The van der Waals surface area contributed by atoms with Crippen LogP contribution in [0.1, 0.15) is 5.56 Å². The lowest BCUT2D eigenvalue weighted by Gasteiger charge is -2.09. The van der Waals surface area contributed by atoms with Crippen LogP contribution in [-0.2, 0) is 6.42 Å². The molecule has 1 heterocycles. The number of benzene rings is 1. The number of pyridine rings is 1. The van der Waals surface area contributed by atoms with Crippen molar-refractivity contribution in [3.63, 3.8) is 0 Å². The maximum Gasteiger partial charge on any atom is 0.188 e. The second kappa shape index (κ2) is 9.22. The van der Waals surface area contributed by atoms with Gasteiger partial charge in [-0.2, -0.15) is 0 Å². The topological polar surface area (TPSA) is 75.3 Å². The third kappa shape index (κ3) is 6.34. The predicted octanol–water partition coefficient (Wildman–Crippen LogP) is 2.95. The highest BCUT2D eigenvalue weighted by atomic mass is 35.5. The van der Waals surface area contributed by atoms with Crippen LogP contribution in [-0.4, -0.2) is 30.6 Å². The number of aliphatic imine (C=N–C) groups is 1. The van der Waals surface area contributed by atoms with Crippen LogP contribution in [0.25, 0.3) is 0 Å². The summed E-state index contributed by atoms with van der Waals surface area (Å²) in [4.78, 5) is 8.40. The Balaban J connectivity index is 1.66. The molecular formula is C16H19Cl2N5. The number of halogens is 2. The van der Waals surface area contributed by atoms with E-state index in [4.69, 9.17) is 28.9 Å². The highest BCUT2D eigenvalue weighted by Crippen LogP contribution is 2.21. The fourth-order valence-corrected chi connectivity index (χ4v) is 2.37. The summed E-state index contributed by atoms with van der Waals surface area (Å²) < 4.78 is 0. The summed E-state index contributed by atoms with van der Waals surface area (Å²) >= 11 is 11.8. The number of nitrogens with two attached hydrogens (primary N) is 1. The molecule has 2 rings (SSSR count). The van der Waals surface area contributed by atoms with E-state index in [0.717, 1.165) is 6.42 Å². The van der Waals surface area contributed by atoms with Crippen LogP contribution in [0.15, 0.2) is 47.6 Å². The van der Waals surface area contributed by atoms with Crippen molar-refractivity contribution in [1.29, 1.82) is 0 Å². The van der Waals surface area contributed by atoms with Crippen molar-refractivity contribution >= 4 is 35.0 Å². The van der Waals surface area contributed by atoms with Crippen molar-refractivity contribution < 1.29 is 0 Å². The summed E-state index contributed by atoms with van der Waals surface area (Å²) in [7, 11) is 0. The van der Waals surface area contributed by atoms with Crippen LogP contribution in [0.4, 0.5) is 5.82 Å². The van der Waals surface area contributed by atoms with Gasteiger partial charge in [-0.15, -0.1) is 0 Å². The van der Waals surface area contributed by atoms with E-state index in [1.165, 1.54) is 5.56 Å². The number of hydrogen-bond acceptors (Lipinski definition) is 3. The van der Waals surface area contributed by atoms with Gasteiger partial charge in [0.2, 0.25) is 0 Å². The lowest BCUT2D eigenvalue weighted by molar-refractivity contribution is 0.871. The number of nitrogens with one attached hydrogen (secondary N) is 2. The van der Waals surface area contributed by atoms with Crippen molar-refractivity contribution in [2.75, 3.05) is 25.0 Å². The molecule has 5 nitrogen and oxygen atoms in total. The molecular weight excluding hydrogens is 333 g/mol. The highest BCUT2D eigenvalue weighted by Gasteiger charge is 2.01. The van der Waals surface area contributed by atoms with Crippen molar-refractivity contribution in [3.05, 3.63) is 58.2 Å². The first kappa shape index (κ1) is 17.4. The molecule has 0 saturated carbocycles. The van der Waals surface area contributed by atoms with Gasteiger partial charge in [0.05, 0.1) is 10.0 Å². The van der Waals surface area contributed by atoms with E-state index in [1.54, 1.807) is 12.3 Å². The molecule has 0 bridgehead atoms. The van der Waals surface area contributed by atoms with Crippen LogP contribution >= 0.6 is 23.2 Å². The van der Waals surface area contributed by atoms with Crippen LogP contribution in [0.2, 0.25) is 10.0 Å². The van der Waals surface area contributed by atoms with E-state index in [9.17, 15) is 0 Å². The Morgan fingerprint density at radius 3 is 2.70 bits per heavy atom. The summed E-state index contributed by atoms with van der Waals surface area (Å²) in [5.74, 6) is 1.02. The predicted molar refractivity (Wildman–Crippen MR) is 97.4 cm³/mol. The van der Waals surface area contributed by atoms with Gasteiger partial charge in [-0.05, 0) is 18.1 Å². The number of anilines is 1. The summed E-state index contributed by atoms with van der Waals surface area (Å²) in [5, 5.41) is 7.14. The molecule has 1 aromatic carbocycles. The van der Waals surface area contributed by atoms with Gasteiger partial charge in [0.25, 0.3) is 0 Å². The minimum Gasteiger partial charge on any atom is -0.370 e. The van der Waals surface area contributed by atoms with E-state index in [2.05, 4.69) is 32.7 Å². The van der Waals surface area contributed by atoms with Crippen molar-refractivity contribution in [2.24, 2.45) is 10.7 Å². The zero-order chi connectivity index (χ0) is 16.5. The quantitative estimate of drug-likeness (QED) is 0.407. The van der Waals surface area contributed by atoms with Gasteiger partial charge in [0.1, 0.15) is 5.82 Å². The summed E-state index contributed by atoms with van der Waals surface area (Å²) in [6.45, 7) is 1.88. The molecule has 122 valence electrons. The van der Waals surface area contributed by atoms with Crippen LogP contribution in [0, 0.1) is 0 Å². The zero-order valence-corrected chi connectivity index (χ0v) is 14.1. The smallest absolute Gasteiger partial charge is 0.188 e. The fraction of sp³-hybridized carbons (Fsp3) is 0.250. The molecule has 0 amide bonds. The van der Waals surface area contributed by atoms with Crippen molar-refractivity contribution in [1.82, 2.24) is 10.3 Å². The Hall–Kier alpha value is -1.98. The first-order valence-corrected chi connectivity index (χ1v) is 8.03. The Bertz CT molecular complexity index is 646. The number of guanidine groups is 1. The van der Waals surface area contributed by atoms with Crippen molar-refractivity contribution in [3.8, 4) is 0 Å². The van der Waals surface area contributed by atoms with Gasteiger partial charge in [0, 0.05) is 25.8 Å². The van der Waals surface area contributed by atoms with Gasteiger partial charge < -0.3 is 16.4 Å². The first-order valence-electron chi connectivity index (χ1n) is 7.28. The normalized spacial score (nSPS) is 11.3. The Morgan fingerprint density at radius 1 is 1.17 bits per heavy atom.